The summed E-state index contributed by atoms with van der Waals surface area (Å²) in [6.45, 7) is 9.52. The van der Waals surface area contributed by atoms with Crippen molar-refractivity contribution in [3.8, 4) is 0 Å². The number of ether oxygens (including phenoxy) is 1. The number of rotatable bonds is 3. The number of hydrogen-bond acceptors (Lipinski definition) is 6. The Morgan fingerprint density at radius 1 is 1.12 bits per heavy atom. The summed E-state index contributed by atoms with van der Waals surface area (Å²) >= 11 is 0. The molecule has 1 unspecified atom stereocenters. The van der Waals surface area contributed by atoms with Gasteiger partial charge in [0.1, 0.15) is 5.82 Å². The molecule has 0 amide bonds. The molecule has 0 bridgehead atoms. The Hall–Kier alpha value is -1.99. The van der Waals surface area contributed by atoms with Gasteiger partial charge in [0, 0.05) is 63.4 Å². The summed E-state index contributed by atoms with van der Waals surface area (Å²) in [6.07, 6.45) is 7.75. The molecule has 2 aromatic rings. The molecule has 1 atom stereocenters. The van der Waals surface area contributed by atoms with Gasteiger partial charge in [-0.2, -0.15) is 0 Å². The lowest BCUT2D eigenvalue weighted by atomic mass is 10.1. The Labute approximate surface area is 142 Å². The Morgan fingerprint density at radius 2 is 1.92 bits per heavy atom. The van der Waals surface area contributed by atoms with Crippen molar-refractivity contribution >= 4 is 5.95 Å². The van der Waals surface area contributed by atoms with E-state index in [4.69, 9.17) is 4.74 Å². The van der Waals surface area contributed by atoms with E-state index in [0.29, 0.717) is 5.92 Å². The molecule has 4 heterocycles. The lowest BCUT2D eigenvalue weighted by Crippen LogP contribution is -2.42. The first-order valence-corrected chi connectivity index (χ1v) is 8.61. The quantitative estimate of drug-likeness (QED) is 0.836. The van der Waals surface area contributed by atoms with Crippen LogP contribution in [0.25, 0.3) is 0 Å². The number of aromatic nitrogens is 4. The molecule has 24 heavy (non-hydrogen) atoms. The van der Waals surface area contributed by atoms with Crippen LogP contribution in [0.4, 0.5) is 5.95 Å². The molecule has 0 radical (unpaired) electrons. The third-order valence-corrected chi connectivity index (χ3v) is 4.74. The number of fused-ring (bicyclic) bond motifs is 1. The highest BCUT2D eigenvalue weighted by Gasteiger charge is 2.26. The minimum Gasteiger partial charge on any atom is -0.379 e. The van der Waals surface area contributed by atoms with Crippen LogP contribution < -0.4 is 4.90 Å². The van der Waals surface area contributed by atoms with Crippen molar-refractivity contribution in [3.05, 3.63) is 36.2 Å². The van der Waals surface area contributed by atoms with Crippen molar-refractivity contribution in [2.75, 3.05) is 44.3 Å². The maximum absolute atomic E-state index is 5.47. The minimum atomic E-state index is 0.517. The van der Waals surface area contributed by atoms with Gasteiger partial charge in [0.2, 0.25) is 5.95 Å². The molecule has 1 fully saturated rings. The fourth-order valence-corrected chi connectivity index (χ4v) is 3.51. The Balaban J connectivity index is 1.54. The van der Waals surface area contributed by atoms with E-state index in [1.165, 1.54) is 0 Å². The Bertz CT molecular complexity index is 664. The number of nitrogens with zero attached hydrogens (tertiary/aromatic N) is 6. The smallest absolute Gasteiger partial charge is 0.225 e. The lowest BCUT2D eigenvalue weighted by Gasteiger charge is -2.31. The summed E-state index contributed by atoms with van der Waals surface area (Å²) in [4.78, 5) is 18.3. The van der Waals surface area contributed by atoms with Crippen molar-refractivity contribution in [1.82, 2.24) is 24.4 Å². The van der Waals surface area contributed by atoms with Crippen LogP contribution in [0.1, 0.15) is 11.4 Å². The van der Waals surface area contributed by atoms with Gasteiger partial charge in [-0.3, -0.25) is 4.90 Å². The third kappa shape index (κ3) is 3.42. The van der Waals surface area contributed by atoms with Crippen LogP contribution in [0.2, 0.25) is 0 Å². The summed E-state index contributed by atoms with van der Waals surface area (Å²) in [5.74, 6) is 2.40. The second kappa shape index (κ2) is 6.86. The SMILES string of the molecule is Cc1cnc(N2Cc3nccn3CC(CN3CCOCC3)C2)nc1. The number of morpholine rings is 1. The summed E-state index contributed by atoms with van der Waals surface area (Å²) in [5.41, 5.74) is 1.08. The van der Waals surface area contributed by atoms with Crippen LogP contribution in [0.15, 0.2) is 24.8 Å². The average Bonchev–Trinajstić information content (AvgIpc) is 2.95. The zero-order valence-electron chi connectivity index (χ0n) is 14.1. The Morgan fingerprint density at radius 3 is 2.71 bits per heavy atom. The summed E-state index contributed by atoms with van der Waals surface area (Å²) in [5, 5.41) is 0. The van der Waals surface area contributed by atoms with Crippen molar-refractivity contribution in [1.29, 1.82) is 0 Å². The van der Waals surface area contributed by atoms with Gasteiger partial charge < -0.3 is 14.2 Å². The van der Waals surface area contributed by atoms with Gasteiger partial charge in [-0.25, -0.2) is 15.0 Å². The predicted molar refractivity (Wildman–Crippen MR) is 90.8 cm³/mol. The first kappa shape index (κ1) is 15.5. The molecule has 0 N–H and O–H groups in total. The van der Waals surface area contributed by atoms with Crippen LogP contribution in [0.5, 0.6) is 0 Å². The summed E-state index contributed by atoms with van der Waals surface area (Å²) in [7, 11) is 0. The van der Waals surface area contributed by atoms with Crippen molar-refractivity contribution in [3.63, 3.8) is 0 Å². The lowest BCUT2D eigenvalue weighted by molar-refractivity contribution is 0.0301. The van der Waals surface area contributed by atoms with E-state index in [9.17, 15) is 0 Å². The topological polar surface area (TPSA) is 59.3 Å². The molecule has 2 aliphatic heterocycles. The van der Waals surface area contributed by atoms with Gasteiger partial charge in [-0.15, -0.1) is 0 Å². The van der Waals surface area contributed by atoms with Gasteiger partial charge in [0.25, 0.3) is 0 Å². The van der Waals surface area contributed by atoms with Gasteiger partial charge in [0.05, 0.1) is 19.8 Å². The van der Waals surface area contributed by atoms with E-state index in [-0.39, 0.29) is 0 Å². The number of hydrogen-bond donors (Lipinski definition) is 0. The first-order chi connectivity index (χ1) is 11.8. The zero-order valence-corrected chi connectivity index (χ0v) is 14.1. The minimum absolute atomic E-state index is 0.517. The maximum atomic E-state index is 5.47. The van der Waals surface area contributed by atoms with Crippen molar-refractivity contribution in [2.24, 2.45) is 5.92 Å². The molecule has 7 heteroatoms. The van der Waals surface area contributed by atoms with Crippen LogP contribution in [-0.2, 0) is 17.8 Å². The van der Waals surface area contributed by atoms with Gasteiger partial charge in [-0.05, 0) is 12.5 Å². The van der Waals surface area contributed by atoms with Crippen molar-refractivity contribution in [2.45, 2.75) is 20.0 Å². The number of anilines is 1. The molecule has 128 valence electrons. The van der Waals surface area contributed by atoms with E-state index in [1.807, 2.05) is 25.5 Å². The first-order valence-electron chi connectivity index (χ1n) is 8.61. The monoisotopic (exact) mass is 328 g/mol. The molecule has 1 saturated heterocycles. The number of imidazole rings is 1. The highest BCUT2D eigenvalue weighted by Crippen LogP contribution is 2.20. The van der Waals surface area contributed by atoms with Crippen LogP contribution in [0, 0.1) is 12.8 Å². The molecular formula is C17H24N6O. The Kier molecular flexibility index (Phi) is 4.44. The van der Waals surface area contributed by atoms with Crippen LogP contribution in [-0.4, -0.2) is 63.8 Å². The predicted octanol–water partition coefficient (Wildman–Crippen LogP) is 0.950. The largest absolute Gasteiger partial charge is 0.379 e. The third-order valence-electron chi connectivity index (χ3n) is 4.74. The zero-order chi connectivity index (χ0) is 16.4. The van der Waals surface area contributed by atoms with E-state index < -0.39 is 0 Å². The highest BCUT2D eigenvalue weighted by atomic mass is 16.5. The van der Waals surface area contributed by atoms with Gasteiger partial charge in [-0.1, -0.05) is 0 Å². The van der Waals surface area contributed by atoms with E-state index in [0.717, 1.165) is 69.8 Å². The molecule has 4 rings (SSSR count). The number of aryl methyl sites for hydroxylation is 1. The molecule has 7 nitrogen and oxygen atoms in total. The maximum Gasteiger partial charge on any atom is 0.225 e. The molecule has 2 aliphatic rings. The summed E-state index contributed by atoms with van der Waals surface area (Å²) < 4.78 is 7.75. The highest BCUT2D eigenvalue weighted by molar-refractivity contribution is 5.31. The van der Waals surface area contributed by atoms with Crippen LogP contribution >= 0.6 is 0 Å². The fraction of sp³-hybridized carbons (Fsp3) is 0.588. The van der Waals surface area contributed by atoms with E-state index >= 15 is 0 Å². The molecule has 0 aliphatic carbocycles. The van der Waals surface area contributed by atoms with Gasteiger partial charge in [0.15, 0.2) is 0 Å². The average molecular weight is 328 g/mol. The second-order valence-electron chi connectivity index (χ2n) is 6.72. The fourth-order valence-electron chi connectivity index (χ4n) is 3.51. The molecule has 0 saturated carbocycles. The standard InChI is InChI=1S/C17H24N6O/c1-14-8-19-17(20-9-14)23-12-15(10-21-4-6-24-7-5-21)11-22-3-2-18-16(22)13-23/h2-3,8-9,15H,4-7,10-13H2,1H3. The second-order valence-corrected chi connectivity index (χ2v) is 6.72. The van der Waals surface area contributed by atoms with Gasteiger partial charge >= 0.3 is 0 Å². The normalized spacial score (nSPS) is 22.2. The molecule has 0 aromatic carbocycles. The summed E-state index contributed by atoms with van der Waals surface area (Å²) in [6, 6.07) is 0. The molecule has 2 aromatic heterocycles. The molecule has 0 spiro atoms. The van der Waals surface area contributed by atoms with E-state index in [1.54, 1.807) is 0 Å². The van der Waals surface area contributed by atoms with E-state index in [2.05, 4.69) is 35.5 Å². The van der Waals surface area contributed by atoms with Crippen molar-refractivity contribution < 1.29 is 4.74 Å². The van der Waals surface area contributed by atoms with Crippen LogP contribution in [0.3, 0.4) is 0 Å². The molecular weight excluding hydrogens is 304 g/mol.